The molecule has 2 aromatic heterocycles. The van der Waals surface area contributed by atoms with Gasteiger partial charge in [-0.3, -0.25) is 0 Å². The van der Waals surface area contributed by atoms with Crippen molar-refractivity contribution < 1.29 is 4.74 Å². The van der Waals surface area contributed by atoms with Crippen molar-refractivity contribution in [1.82, 2.24) is 19.9 Å². The lowest BCUT2D eigenvalue weighted by molar-refractivity contribution is 0.415. The Morgan fingerprint density at radius 3 is 2.63 bits per heavy atom. The molecular weight excluding hydrogens is 374 g/mol. The number of pyridine rings is 1. The van der Waals surface area contributed by atoms with Gasteiger partial charge in [0.25, 0.3) is 0 Å². The second-order valence-corrected chi connectivity index (χ2v) is 7.25. The zero-order valence-corrected chi connectivity index (χ0v) is 17.4. The predicted octanol–water partition coefficient (Wildman–Crippen LogP) is 4.24. The molecule has 0 spiro atoms. The van der Waals surface area contributed by atoms with Crippen LogP contribution in [-0.2, 0) is 13.6 Å². The summed E-state index contributed by atoms with van der Waals surface area (Å²) in [6.07, 6.45) is 4.74. The van der Waals surface area contributed by atoms with Gasteiger partial charge in [0, 0.05) is 43.0 Å². The normalized spacial score (nSPS) is 11.0. The molecule has 2 aromatic carbocycles. The monoisotopic (exact) mass is 401 g/mol. The molecular formula is C24H27N5O. The number of nitrogens with zero attached hydrogens (tertiary/aromatic N) is 3. The molecule has 0 fully saturated rings. The Kier molecular flexibility index (Phi) is 6.25. The highest BCUT2D eigenvalue weighted by Gasteiger charge is 2.08. The Morgan fingerprint density at radius 1 is 1.03 bits per heavy atom. The largest absolute Gasteiger partial charge is 0.497 e. The molecule has 2 heterocycles. The van der Waals surface area contributed by atoms with E-state index in [2.05, 4.69) is 39.9 Å². The third-order valence-corrected chi connectivity index (χ3v) is 5.17. The fourth-order valence-corrected chi connectivity index (χ4v) is 3.44. The molecule has 0 saturated heterocycles. The van der Waals surface area contributed by atoms with Crippen LogP contribution in [0.15, 0.2) is 67.1 Å². The molecule has 2 N–H and O–H groups in total. The molecule has 30 heavy (non-hydrogen) atoms. The van der Waals surface area contributed by atoms with Gasteiger partial charge in [-0.1, -0.05) is 18.2 Å². The lowest BCUT2D eigenvalue weighted by Gasteiger charge is -2.13. The molecule has 0 saturated carbocycles. The number of benzene rings is 2. The van der Waals surface area contributed by atoms with E-state index in [4.69, 9.17) is 9.72 Å². The summed E-state index contributed by atoms with van der Waals surface area (Å²) in [5.74, 6) is 0.844. The van der Waals surface area contributed by atoms with Crippen LogP contribution in [0.4, 0.5) is 5.69 Å². The third kappa shape index (κ3) is 4.60. The fourth-order valence-electron chi connectivity index (χ4n) is 3.44. The summed E-state index contributed by atoms with van der Waals surface area (Å²) >= 11 is 0. The second-order valence-electron chi connectivity index (χ2n) is 7.25. The van der Waals surface area contributed by atoms with Gasteiger partial charge >= 0.3 is 0 Å². The molecule has 0 unspecified atom stereocenters. The maximum absolute atomic E-state index is 5.27. The number of nitrogens with one attached hydrogen (secondary N) is 2. The van der Waals surface area contributed by atoms with E-state index >= 15 is 0 Å². The fraction of sp³-hybridized carbons (Fsp3) is 0.250. The van der Waals surface area contributed by atoms with Gasteiger partial charge in [-0.05, 0) is 49.4 Å². The number of fused-ring (bicyclic) bond motifs is 1. The van der Waals surface area contributed by atoms with Gasteiger partial charge < -0.3 is 19.9 Å². The zero-order valence-electron chi connectivity index (χ0n) is 17.4. The van der Waals surface area contributed by atoms with Crippen molar-refractivity contribution in [3.05, 3.63) is 72.8 Å². The van der Waals surface area contributed by atoms with Gasteiger partial charge in [-0.25, -0.2) is 9.97 Å². The first-order valence-electron chi connectivity index (χ1n) is 10.2. The van der Waals surface area contributed by atoms with Crippen LogP contribution in [0.25, 0.3) is 22.2 Å². The van der Waals surface area contributed by atoms with Crippen LogP contribution in [0.2, 0.25) is 0 Å². The molecule has 4 rings (SSSR count). The first-order chi connectivity index (χ1) is 14.7. The average molecular weight is 402 g/mol. The summed E-state index contributed by atoms with van der Waals surface area (Å²) < 4.78 is 7.31. The summed E-state index contributed by atoms with van der Waals surface area (Å²) in [6, 6.07) is 18.4. The van der Waals surface area contributed by atoms with Crippen molar-refractivity contribution in [2.24, 2.45) is 7.05 Å². The molecule has 0 aliphatic carbocycles. The SMILES string of the molecule is COc1ccc(-c2cc(NCCCNCc3cncn3C)c3ccccc3n2)cc1. The average Bonchev–Trinajstić information content (AvgIpc) is 3.20. The Labute approximate surface area is 176 Å². The molecule has 6 nitrogen and oxygen atoms in total. The van der Waals surface area contributed by atoms with Crippen LogP contribution in [0.1, 0.15) is 12.1 Å². The van der Waals surface area contributed by atoms with Crippen LogP contribution >= 0.6 is 0 Å². The molecule has 0 amide bonds. The van der Waals surface area contributed by atoms with Crippen LogP contribution in [0.5, 0.6) is 5.75 Å². The minimum atomic E-state index is 0.830. The smallest absolute Gasteiger partial charge is 0.118 e. The minimum Gasteiger partial charge on any atom is -0.497 e. The van der Waals surface area contributed by atoms with E-state index in [-0.39, 0.29) is 0 Å². The minimum absolute atomic E-state index is 0.830. The molecule has 4 aromatic rings. The summed E-state index contributed by atoms with van der Waals surface area (Å²) in [7, 11) is 3.69. The van der Waals surface area contributed by atoms with Crippen molar-refractivity contribution in [1.29, 1.82) is 0 Å². The van der Waals surface area contributed by atoms with E-state index < -0.39 is 0 Å². The Hall–Kier alpha value is -3.38. The Morgan fingerprint density at radius 2 is 1.87 bits per heavy atom. The number of hydrogen-bond donors (Lipinski definition) is 2. The summed E-state index contributed by atoms with van der Waals surface area (Å²) in [5, 5.41) is 8.21. The van der Waals surface area contributed by atoms with Crippen LogP contribution in [0, 0.1) is 0 Å². The van der Waals surface area contributed by atoms with Crippen molar-refractivity contribution in [2.75, 3.05) is 25.5 Å². The zero-order chi connectivity index (χ0) is 20.8. The topological polar surface area (TPSA) is 64.0 Å². The second kappa shape index (κ2) is 9.41. The number of para-hydroxylation sites is 1. The lowest BCUT2D eigenvalue weighted by atomic mass is 10.1. The number of imidazole rings is 1. The van der Waals surface area contributed by atoms with Crippen LogP contribution in [0.3, 0.4) is 0 Å². The van der Waals surface area contributed by atoms with E-state index in [1.165, 1.54) is 5.69 Å². The number of methoxy groups -OCH3 is 1. The molecule has 154 valence electrons. The van der Waals surface area contributed by atoms with Crippen molar-refractivity contribution in [3.8, 4) is 17.0 Å². The van der Waals surface area contributed by atoms with Crippen molar-refractivity contribution in [3.63, 3.8) is 0 Å². The van der Waals surface area contributed by atoms with Gasteiger partial charge in [0.2, 0.25) is 0 Å². The molecule has 0 radical (unpaired) electrons. The van der Waals surface area contributed by atoms with Crippen LogP contribution in [-0.4, -0.2) is 34.7 Å². The Balaban J connectivity index is 1.42. The highest BCUT2D eigenvalue weighted by atomic mass is 16.5. The predicted molar refractivity (Wildman–Crippen MR) is 122 cm³/mol. The standard InChI is InChI=1S/C24H27N5O/c1-29-17-26-16-19(29)15-25-12-5-13-27-24-14-23(18-8-10-20(30-2)11-9-18)28-22-7-4-3-6-21(22)24/h3-4,6-11,14,16-17,25H,5,12-13,15H2,1-2H3,(H,27,28). The summed E-state index contributed by atoms with van der Waals surface area (Å²) in [5.41, 5.74) is 5.31. The van der Waals surface area contributed by atoms with Gasteiger partial charge in [-0.15, -0.1) is 0 Å². The number of anilines is 1. The molecule has 0 bridgehead atoms. The maximum Gasteiger partial charge on any atom is 0.118 e. The van der Waals surface area contributed by atoms with E-state index in [0.717, 1.165) is 59.7 Å². The third-order valence-electron chi connectivity index (χ3n) is 5.17. The number of aromatic nitrogens is 3. The quantitative estimate of drug-likeness (QED) is 0.411. The van der Waals surface area contributed by atoms with E-state index in [0.29, 0.717) is 0 Å². The molecule has 0 aliphatic heterocycles. The van der Waals surface area contributed by atoms with Gasteiger partial charge in [0.05, 0.1) is 30.3 Å². The van der Waals surface area contributed by atoms with Gasteiger partial charge in [-0.2, -0.15) is 0 Å². The van der Waals surface area contributed by atoms with Gasteiger partial charge in [0.1, 0.15) is 5.75 Å². The molecule has 6 heteroatoms. The lowest BCUT2D eigenvalue weighted by Crippen LogP contribution is -2.19. The first kappa shape index (κ1) is 19.9. The summed E-state index contributed by atoms with van der Waals surface area (Å²) in [4.78, 5) is 9.00. The highest BCUT2D eigenvalue weighted by Crippen LogP contribution is 2.29. The van der Waals surface area contributed by atoms with Crippen molar-refractivity contribution >= 4 is 16.6 Å². The summed E-state index contributed by atoms with van der Waals surface area (Å²) in [6.45, 7) is 2.65. The number of aryl methyl sites for hydroxylation is 1. The first-order valence-corrected chi connectivity index (χ1v) is 10.2. The Bertz CT molecular complexity index is 1100. The van der Waals surface area contributed by atoms with E-state index in [1.807, 2.05) is 54.5 Å². The highest BCUT2D eigenvalue weighted by molar-refractivity contribution is 5.93. The van der Waals surface area contributed by atoms with Crippen molar-refractivity contribution in [2.45, 2.75) is 13.0 Å². The maximum atomic E-state index is 5.27. The van der Waals surface area contributed by atoms with Crippen LogP contribution < -0.4 is 15.4 Å². The molecule has 0 atom stereocenters. The number of ether oxygens (including phenoxy) is 1. The van der Waals surface area contributed by atoms with E-state index in [1.54, 1.807) is 7.11 Å². The number of hydrogen-bond acceptors (Lipinski definition) is 5. The molecule has 0 aliphatic rings. The number of rotatable bonds is 9. The van der Waals surface area contributed by atoms with E-state index in [9.17, 15) is 0 Å². The van der Waals surface area contributed by atoms with Gasteiger partial charge in [0.15, 0.2) is 0 Å².